The van der Waals surface area contributed by atoms with E-state index in [-0.39, 0.29) is 0 Å². The van der Waals surface area contributed by atoms with Crippen LogP contribution in [0.25, 0.3) is 0 Å². The molecule has 0 aromatic heterocycles. The molecule has 0 N–H and O–H groups in total. The Hall–Kier alpha value is 0.177. The average molecular weight is 385 g/mol. The molecule has 2 unspecified atom stereocenters. The quantitative estimate of drug-likeness (QED) is 0.150. The third-order valence-corrected chi connectivity index (χ3v) is 11.2. The predicted molar refractivity (Wildman–Crippen MR) is 123 cm³/mol. The van der Waals surface area contributed by atoms with Crippen LogP contribution in [-0.2, 0) is 4.43 Å². The molecule has 0 radical (unpaired) electrons. The third-order valence-electron chi connectivity index (χ3n) is 6.44. The lowest BCUT2D eigenvalue weighted by Crippen LogP contribution is -2.39. The normalized spacial score (nSPS) is 15.1. The van der Waals surface area contributed by atoms with Crippen molar-refractivity contribution in [1.82, 2.24) is 0 Å². The molecule has 26 heavy (non-hydrogen) atoms. The lowest BCUT2D eigenvalue weighted by atomic mass is 10.0. The summed E-state index contributed by atoms with van der Waals surface area (Å²) < 4.78 is 6.24. The lowest BCUT2D eigenvalue weighted by Gasteiger charge is -2.34. The van der Waals surface area contributed by atoms with E-state index in [2.05, 4.69) is 34.2 Å². The van der Waals surface area contributed by atoms with Crippen molar-refractivity contribution >= 4 is 8.32 Å². The Bertz CT molecular complexity index is 281. The maximum atomic E-state index is 6.24. The fourth-order valence-corrected chi connectivity index (χ4v) is 7.72. The molecule has 0 saturated carbocycles. The van der Waals surface area contributed by atoms with Gasteiger partial charge in [0.15, 0.2) is 8.32 Å². The minimum Gasteiger partial charge on any atom is -0.417 e. The molecule has 1 nitrogen and oxygen atoms in total. The SMILES string of the molecule is CCCCCCCCCCCCCCCCC(CC)[Si](C)(CC)OCC. The number of rotatable bonds is 20. The first-order valence-corrected chi connectivity index (χ1v) is 15.0. The molecule has 0 bridgehead atoms. The fraction of sp³-hybridized carbons (Fsp3) is 1.00. The summed E-state index contributed by atoms with van der Waals surface area (Å²) in [6.07, 6.45) is 23.1. The predicted octanol–water partition coefficient (Wildman–Crippen LogP) is 9.27. The summed E-state index contributed by atoms with van der Waals surface area (Å²) in [5, 5.41) is 0. The van der Waals surface area contributed by atoms with E-state index in [1.54, 1.807) is 0 Å². The van der Waals surface area contributed by atoms with Crippen molar-refractivity contribution in [2.45, 2.75) is 149 Å². The molecule has 2 atom stereocenters. The van der Waals surface area contributed by atoms with Gasteiger partial charge >= 0.3 is 0 Å². The summed E-state index contributed by atoms with van der Waals surface area (Å²) in [5.41, 5.74) is 0.866. The van der Waals surface area contributed by atoms with Crippen LogP contribution in [-0.4, -0.2) is 14.9 Å². The van der Waals surface area contributed by atoms with Crippen LogP contribution < -0.4 is 0 Å². The van der Waals surface area contributed by atoms with Crippen LogP contribution in [0.5, 0.6) is 0 Å². The van der Waals surface area contributed by atoms with Crippen molar-refractivity contribution < 1.29 is 4.43 Å². The summed E-state index contributed by atoms with van der Waals surface area (Å²) in [7, 11) is -1.46. The maximum absolute atomic E-state index is 6.24. The zero-order chi connectivity index (χ0) is 19.5. The fourth-order valence-electron chi connectivity index (χ4n) is 4.36. The van der Waals surface area contributed by atoms with Crippen LogP contribution in [0.1, 0.15) is 130 Å². The van der Waals surface area contributed by atoms with Gasteiger partial charge in [0.05, 0.1) is 0 Å². The standard InChI is InChI=1S/C24H52OSi/c1-6-10-11-12-13-14-15-16-17-18-19-20-21-22-23-24(7-2)26(5,9-4)25-8-3/h24H,6-23H2,1-5H3. The van der Waals surface area contributed by atoms with Crippen LogP contribution in [0, 0.1) is 0 Å². The maximum Gasteiger partial charge on any atom is 0.192 e. The zero-order valence-electron chi connectivity index (χ0n) is 19.2. The molecule has 0 aliphatic rings. The van der Waals surface area contributed by atoms with E-state index in [9.17, 15) is 0 Å². The lowest BCUT2D eigenvalue weighted by molar-refractivity contribution is 0.309. The Morgan fingerprint density at radius 3 is 1.38 bits per heavy atom. The molecule has 158 valence electrons. The molecular weight excluding hydrogens is 332 g/mol. The Morgan fingerprint density at radius 2 is 1.04 bits per heavy atom. The van der Waals surface area contributed by atoms with Gasteiger partial charge in [0.25, 0.3) is 0 Å². The Kier molecular flexibility index (Phi) is 18.7. The highest BCUT2D eigenvalue weighted by Gasteiger charge is 2.34. The van der Waals surface area contributed by atoms with Crippen molar-refractivity contribution in [3.63, 3.8) is 0 Å². The van der Waals surface area contributed by atoms with E-state index in [0.29, 0.717) is 0 Å². The van der Waals surface area contributed by atoms with Gasteiger partial charge in [-0.3, -0.25) is 0 Å². The van der Waals surface area contributed by atoms with Crippen molar-refractivity contribution in [1.29, 1.82) is 0 Å². The smallest absolute Gasteiger partial charge is 0.192 e. The van der Waals surface area contributed by atoms with Crippen molar-refractivity contribution in [2.75, 3.05) is 6.61 Å². The van der Waals surface area contributed by atoms with Crippen molar-refractivity contribution in [3.8, 4) is 0 Å². The Morgan fingerprint density at radius 1 is 0.615 bits per heavy atom. The second-order valence-electron chi connectivity index (χ2n) is 8.59. The summed E-state index contributed by atoms with van der Waals surface area (Å²) >= 11 is 0. The van der Waals surface area contributed by atoms with Gasteiger partial charge in [0.2, 0.25) is 0 Å². The van der Waals surface area contributed by atoms with Gasteiger partial charge in [-0.05, 0) is 25.1 Å². The van der Waals surface area contributed by atoms with E-state index in [4.69, 9.17) is 4.43 Å². The zero-order valence-corrected chi connectivity index (χ0v) is 20.2. The van der Waals surface area contributed by atoms with Gasteiger partial charge in [-0.15, -0.1) is 0 Å². The molecule has 0 spiro atoms. The van der Waals surface area contributed by atoms with E-state index in [1.165, 1.54) is 109 Å². The largest absolute Gasteiger partial charge is 0.417 e. The minimum atomic E-state index is -1.46. The molecule has 0 amide bonds. The summed E-state index contributed by atoms with van der Waals surface area (Å²) in [6.45, 7) is 12.6. The molecule has 0 heterocycles. The van der Waals surface area contributed by atoms with Crippen LogP contribution >= 0.6 is 0 Å². The second-order valence-corrected chi connectivity index (χ2v) is 13.0. The topological polar surface area (TPSA) is 9.23 Å². The van der Waals surface area contributed by atoms with Crippen LogP contribution in [0.15, 0.2) is 0 Å². The highest BCUT2D eigenvalue weighted by atomic mass is 28.4. The molecule has 0 aliphatic heterocycles. The molecular formula is C24H52OSi. The van der Waals surface area contributed by atoms with Gasteiger partial charge in [0, 0.05) is 6.61 Å². The first-order valence-electron chi connectivity index (χ1n) is 12.3. The number of hydrogen-bond acceptors (Lipinski definition) is 1. The van der Waals surface area contributed by atoms with Crippen molar-refractivity contribution in [2.24, 2.45) is 0 Å². The average Bonchev–Trinajstić information content (AvgIpc) is 2.65. The van der Waals surface area contributed by atoms with Crippen LogP contribution in [0.2, 0.25) is 18.1 Å². The molecule has 0 aromatic rings. The van der Waals surface area contributed by atoms with Gasteiger partial charge in [-0.2, -0.15) is 0 Å². The van der Waals surface area contributed by atoms with E-state index < -0.39 is 8.32 Å². The Labute approximate surface area is 168 Å². The first kappa shape index (κ1) is 26.2. The number of hydrogen-bond donors (Lipinski definition) is 0. The monoisotopic (exact) mass is 384 g/mol. The van der Waals surface area contributed by atoms with Crippen molar-refractivity contribution in [3.05, 3.63) is 0 Å². The van der Waals surface area contributed by atoms with Crippen LogP contribution in [0.3, 0.4) is 0 Å². The third kappa shape index (κ3) is 13.4. The van der Waals surface area contributed by atoms with Gasteiger partial charge in [-0.1, -0.05) is 124 Å². The minimum absolute atomic E-state index is 0.866. The number of unbranched alkanes of at least 4 members (excludes halogenated alkanes) is 13. The summed E-state index contributed by atoms with van der Waals surface area (Å²) in [6, 6.07) is 1.28. The first-order chi connectivity index (χ1) is 12.6. The van der Waals surface area contributed by atoms with Gasteiger partial charge in [0.1, 0.15) is 0 Å². The second kappa shape index (κ2) is 18.5. The highest BCUT2D eigenvalue weighted by molar-refractivity contribution is 6.73. The molecule has 2 heteroatoms. The molecule has 0 aromatic carbocycles. The van der Waals surface area contributed by atoms with E-state index >= 15 is 0 Å². The summed E-state index contributed by atoms with van der Waals surface area (Å²) in [4.78, 5) is 0. The van der Waals surface area contributed by atoms with E-state index in [0.717, 1.165) is 12.1 Å². The Balaban J connectivity index is 3.49. The molecule has 0 aliphatic carbocycles. The van der Waals surface area contributed by atoms with Gasteiger partial charge < -0.3 is 4.43 Å². The van der Waals surface area contributed by atoms with Gasteiger partial charge in [-0.25, -0.2) is 0 Å². The highest BCUT2D eigenvalue weighted by Crippen LogP contribution is 2.34. The molecule has 0 fully saturated rings. The summed E-state index contributed by atoms with van der Waals surface area (Å²) in [5.74, 6) is 0. The molecule has 0 saturated heterocycles. The molecule has 0 rings (SSSR count). The van der Waals surface area contributed by atoms with Crippen LogP contribution in [0.4, 0.5) is 0 Å². The van der Waals surface area contributed by atoms with E-state index in [1.807, 2.05) is 0 Å².